The number of carbonyl (C=O) groups is 2. The first-order chi connectivity index (χ1) is 15.4. The summed E-state index contributed by atoms with van der Waals surface area (Å²) in [5, 5.41) is 16.0. The van der Waals surface area contributed by atoms with E-state index < -0.39 is 0 Å². The molecule has 174 valence electrons. The molecule has 0 aliphatic heterocycles. The van der Waals surface area contributed by atoms with Crippen LogP contribution in [0.25, 0.3) is 0 Å². The molecule has 2 aromatic rings. The number of halogens is 2. The number of hydrogen-bond donors (Lipinski definition) is 2. The van der Waals surface area contributed by atoms with Crippen LogP contribution in [0.4, 0.5) is 0 Å². The third-order valence-electron chi connectivity index (χ3n) is 5.72. The zero-order chi connectivity index (χ0) is 23.1. The number of amides is 2. The van der Waals surface area contributed by atoms with Crippen LogP contribution in [0.5, 0.6) is 0 Å². The number of carbonyl (C=O) groups excluding carboxylic acids is 2. The van der Waals surface area contributed by atoms with Gasteiger partial charge in [-0.1, -0.05) is 54.7 Å². The first-order valence-corrected chi connectivity index (χ1v) is 12.7. The van der Waals surface area contributed by atoms with E-state index in [1.807, 2.05) is 11.5 Å². The highest BCUT2D eigenvalue weighted by Gasteiger charge is 2.23. The van der Waals surface area contributed by atoms with Crippen molar-refractivity contribution in [3.05, 3.63) is 39.6 Å². The van der Waals surface area contributed by atoms with E-state index in [2.05, 4.69) is 27.8 Å². The SMILES string of the molecule is CCn1c(CCNC(=O)c2ccc(Cl)c(Cl)c2)nnc1SCC(=O)N[C@@H]1CCCC[C@@H]1C. The van der Waals surface area contributed by atoms with Crippen molar-refractivity contribution in [1.29, 1.82) is 0 Å². The average Bonchev–Trinajstić information content (AvgIpc) is 3.17. The molecule has 0 spiro atoms. The van der Waals surface area contributed by atoms with Crippen LogP contribution in [0.3, 0.4) is 0 Å². The lowest BCUT2D eigenvalue weighted by atomic mass is 9.86. The smallest absolute Gasteiger partial charge is 0.251 e. The van der Waals surface area contributed by atoms with E-state index in [0.717, 1.165) is 12.2 Å². The molecule has 10 heteroatoms. The maximum absolute atomic E-state index is 12.4. The predicted molar refractivity (Wildman–Crippen MR) is 128 cm³/mol. The number of hydrogen-bond acceptors (Lipinski definition) is 5. The molecule has 1 saturated carbocycles. The van der Waals surface area contributed by atoms with E-state index in [1.165, 1.54) is 31.0 Å². The second-order valence-corrected chi connectivity index (χ2v) is 9.76. The predicted octanol–water partition coefficient (Wildman–Crippen LogP) is 4.36. The zero-order valence-electron chi connectivity index (χ0n) is 18.4. The first-order valence-electron chi connectivity index (χ1n) is 11.0. The van der Waals surface area contributed by atoms with Crippen LogP contribution >= 0.6 is 35.0 Å². The fraction of sp³-hybridized carbons (Fsp3) is 0.545. The van der Waals surface area contributed by atoms with Gasteiger partial charge in [-0.25, -0.2) is 0 Å². The Kier molecular flexibility index (Phi) is 9.25. The van der Waals surface area contributed by atoms with Gasteiger partial charge in [0.1, 0.15) is 5.82 Å². The highest BCUT2D eigenvalue weighted by molar-refractivity contribution is 7.99. The third-order valence-corrected chi connectivity index (χ3v) is 7.42. The monoisotopic (exact) mass is 497 g/mol. The Hall–Kier alpha value is -1.77. The van der Waals surface area contributed by atoms with Crippen molar-refractivity contribution < 1.29 is 9.59 Å². The Morgan fingerprint density at radius 2 is 1.97 bits per heavy atom. The molecule has 2 amide bonds. The molecule has 1 fully saturated rings. The topological polar surface area (TPSA) is 88.9 Å². The zero-order valence-corrected chi connectivity index (χ0v) is 20.7. The maximum atomic E-state index is 12.4. The lowest BCUT2D eigenvalue weighted by Crippen LogP contribution is -2.41. The number of nitrogens with one attached hydrogen (secondary N) is 2. The van der Waals surface area contributed by atoms with Crippen LogP contribution in [-0.4, -0.2) is 44.9 Å². The van der Waals surface area contributed by atoms with Crippen molar-refractivity contribution in [1.82, 2.24) is 25.4 Å². The normalized spacial score (nSPS) is 18.4. The first kappa shape index (κ1) is 24.9. The number of nitrogens with zero attached hydrogens (tertiary/aromatic N) is 3. The molecule has 1 aliphatic rings. The maximum Gasteiger partial charge on any atom is 0.251 e. The molecule has 3 rings (SSSR count). The van der Waals surface area contributed by atoms with Crippen molar-refractivity contribution in [2.24, 2.45) is 5.92 Å². The summed E-state index contributed by atoms with van der Waals surface area (Å²) in [5.74, 6) is 1.42. The van der Waals surface area contributed by atoms with Gasteiger partial charge in [-0.05, 0) is 43.9 Å². The molecule has 1 aromatic carbocycles. The Morgan fingerprint density at radius 3 is 2.69 bits per heavy atom. The fourth-order valence-electron chi connectivity index (χ4n) is 3.86. The molecule has 32 heavy (non-hydrogen) atoms. The van der Waals surface area contributed by atoms with Gasteiger partial charge in [0.05, 0.1) is 15.8 Å². The summed E-state index contributed by atoms with van der Waals surface area (Å²) in [7, 11) is 0. The second-order valence-electron chi connectivity index (χ2n) is 8.00. The highest BCUT2D eigenvalue weighted by Crippen LogP contribution is 2.24. The molecule has 0 bridgehead atoms. The van der Waals surface area contributed by atoms with Crippen molar-refractivity contribution in [2.45, 2.75) is 63.7 Å². The van der Waals surface area contributed by atoms with E-state index in [1.54, 1.807) is 18.2 Å². The van der Waals surface area contributed by atoms with Crippen LogP contribution < -0.4 is 10.6 Å². The number of thioether (sulfide) groups is 1. The van der Waals surface area contributed by atoms with Gasteiger partial charge in [0, 0.05) is 31.1 Å². The lowest BCUT2D eigenvalue weighted by Gasteiger charge is -2.29. The summed E-state index contributed by atoms with van der Waals surface area (Å²) in [6, 6.07) is 5.05. The number of benzene rings is 1. The summed E-state index contributed by atoms with van der Waals surface area (Å²) in [6.07, 6.45) is 5.18. The van der Waals surface area contributed by atoms with Crippen LogP contribution in [0, 0.1) is 5.92 Å². The molecular formula is C22H29Cl2N5O2S. The standard InChI is InChI=1S/C22H29Cl2N5O2S/c1-3-29-19(10-11-25-21(31)15-8-9-16(23)17(24)12-15)27-28-22(29)32-13-20(30)26-18-7-5-4-6-14(18)2/h8-9,12,14,18H,3-7,10-11,13H2,1-2H3,(H,25,31)(H,26,30)/t14-,18+/m0/s1. The summed E-state index contributed by atoms with van der Waals surface area (Å²) in [4.78, 5) is 24.7. The Morgan fingerprint density at radius 1 is 1.19 bits per heavy atom. The fourth-order valence-corrected chi connectivity index (χ4v) is 5.00. The van der Waals surface area contributed by atoms with Crippen molar-refractivity contribution in [2.75, 3.05) is 12.3 Å². The summed E-state index contributed by atoms with van der Waals surface area (Å²) in [6.45, 7) is 5.31. The van der Waals surface area contributed by atoms with Gasteiger partial charge in [-0.15, -0.1) is 10.2 Å². The van der Waals surface area contributed by atoms with Crippen LogP contribution in [0.1, 0.15) is 55.7 Å². The Balaban J connectivity index is 1.49. The molecule has 0 saturated heterocycles. The van der Waals surface area contributed by atoms with Gasteiger partial charge in [0.15, 0.2) is 5.16 Å². The van der Waals surface area contributed by atoms with Gasteiger partial charge in [0.2, 0.25) is 5.91 Å². The minimum Gasteiger partial charge on any atom is -0.352 e. The van der Waals surface area contributed by atoms with E-state index in [0.29, 0.717) is 51.9 Å². The van der Waals surface area contributed by atoms with Crippen molar-refractivity contribution in [3.8, 4) is 0 Å². The Bertz CT molecular complexity index is 952. The summed E-state index contributed by atoms with van der Waals surface area (Å²) < 4.78 is 1.98. The van der Waals surface area contributed by atoms with Crippen LogP contribution in [-0.2, 0) is 17.8 Å². The highest BCUT2D eigenvalue weighted by atomic mass is 35.5. The minimum atomic E-state index is -0.227. The van der Waals surface area contributed by atoms with Crippen molar-refractivity contribution in [3.63, 3.8) is 0 Å². The molecular weight excluding hydrogens is 469 g/mol. The molecule has 2 N–H and O–H groups in total. The third kappa shape index (κ3) is 6.62. The molecule has 2 atom stereocenters. The molecule has 1 aromatic heterocycles. The van der Waals surface area contributed by atoms with Crippen molar-refractivity contribution >= 4 is 46.8 Å². The quantitative estimate of drug-likeness (QED) is 0.502. The number of rotatable bonds is 9. The van der Waals surface area contributed by atoms with Gasteiger partial charge in [0.25, 0.3) is 5.91 Å². The molecule has 0 unspecified atom stereocenters. The molecule has 0 radical (unpaired) electrons. The summed E-state index contributed by atoms with van der Waals surface area (Å²) >= 11 is 13.3. The van der Waals surface area contributed by atoms with Gasteiger partial charge >= 0.3 is 0 Å². The van der Waals surface area contributed by atoms with Gasteiger partial charge in [-0.2, -0.15) is 0 Å². The van der Waals surface area contributed by atoms with Crippen LogP contribution in [0.15, 0.2) is 23.4 Å². The van der Waals surface area contributed by atoms with E-state index in [9.17, 15) is 9.59 Å². The van der Waals surface area contributed by atoms with E-state index >= 15 is 0 Å². The Labute approximate surface area is 203 Å². The van der Waals surface area contributed by atoms with E-state index in [4.69, 9.17) is 23.2 Å². The summed E-state index contributed by atoms with van der Waals surface area (Å²) in [5.41, 5.74) is 0.450. The molecule has 1 aliphatic carbocycles. The van der Waals surface area contributed by atoms with Gasteiger partial charge in [-0.3, -0.25) is 9.59 Å². The van der Waals surface area contributed by atoms with Crippen LogP contribution in [0.2, 0.25) is 10.0 Å². The lowest BCUT2D eigenvalue weighted by molar-refractivity contribution is -0.119. The minimum absolute atomic E-state index is 0.0369. The van der Waals surface area contributed by atoms with Gasteiger partial charge < -0.3 is 15.2 Å². The number of aromatic nitrogens is 3. The van der Waals surface area contributed by atoms with E-state index in [-0.39, 0.29) is 17.9 Å². The second kappa shape index (κ2) is 11.9. The molecule has 1 heterocycles. The largest absolute Gasteiger partial charge is 0.352 e. The molecule has 7 nitrogen and oxygen atoms in total. The average molecular weight is 498 g/mol.